The molecule has 1 unspecified atom stereocenters. The Balaban J connectivity index is 2.15. The van der Waals surface area contributed by atoms with E-state index < -0.39 is 0 Å². The molecule has 4 nitrogen and oxygen atoms in total. The van der Waals surface area contributed by atoms with Gasteiger partial charge in [0.05, 0.1) is 11.6 Å². The molecular weight excluding hydrogens is 330 g/mol. The van der Waals surface area contributed by atoms with Gasteiger partial charge in [-0.2, -0.15) is 0 Å². The summed E-state index contributed by atoms with van der Waals surface area (Å²) >= 11 is 5.62. The maximum Gasteiger partial charge on any atom is 0.253 e. The van der Waals surface area contributed by atoms with E-state index >= 15 is 0 Å². The van der Waals surface area contributed by atoms with Gasteiger partial charge in [0.25, 0.3) is 5.91 Å². The van der Waals surface area contributed by atoms with Crippen LogP contribution < -0.4 is 10.2 Å². The second-order valence-electron chi connectivity index (χ2n) is 6.16. The van der Waals surface area contributed by atoms with Crippen molar-refractivity contribution in [2.75, 3.05) is 19.0 Å². The fraction of sp³-hybridized carbons (Fsp3) is 0.200. The summed E-state index contributed by atoms with van der Waals surface area (Å²) in [6.45, 7) is 1.95. The minimum atomic E-state index is -0.261. The van der Waals surface area contributed by atoms with Crippen molar-refractivity contribution in [3.8, 4) is 0 Å². The van der Waals surface area contributed by atoms with Crippen molar-refractivity contribution in [3.63, 3.8) is 0 Å². The van der Waals surface area contributed by atoms with Crippen LogP contribution in [0.5, 0.6) is 0 Å². The number of thiocarbonyl (C=S) groups is 1. The van der Waals surface area contributed by atoms with E-state index in [9.17, 15) is 4.79 Å². The number of hydrogen-bond acceptors (Lipinski definition) is 2. The van der Waals surface area contributed by atoms with Crippen molar-refractivity contribution in [1.29, 1.82) is 0 Å². The molecule has 0 aliphatic carbocycles. The van der Waals surface area contributed by atoms with Crippen LogP contribution >= 0.6 is 12.2 Å². The van der Waals surface area contributed by atoms with Gasteiger partial charge in [-0.15, -0.1) is 0 Å². The lowest BCUT2D eigenvalue weighted by atomic mass is 9.94. The second-order valence-corrected chi connectivity index (χ2v) is 6.55. The van der Waals surface area contributed by atoms with Gasteiger partial charge in [-0.1, -0.05) is 48.5 Å². The van der Waals surface area contributed by atoms with E-state index in [1.807, 2.05) is 72.5 Å². The van der Waals surface area contributed by atoms with E-state index in [2.05, 4.69) is 5.32 Å². The average Bonchev–Trinajstić information content (AvgIpc) is 2.62. The van der Waals surface area contributed by atoms with Gasteiger partial charge < -0.3 is 10.2 Å². The van der Waals surface area contributed by atoms with Gasteiger partial charge in [-0.3, -0.25) is 9.69 Å². The SMILES string of the molecule is CC1=C(C(=O)N(C)C)C(c2ccccc2)NC(=S)N1c1ccccc1. The number of allylic oxidation sites excluding steroid dienone is 1. The number of benzene rings is 2. The molecule has 5 heteroatoms. The standard InChI is InChI=1S/C20H21N3OS/c1-14-17(19(24)22(2)3)18(15-10-6-4-7-11-15)21-20(25)23(14)16-12-8-5-9-13-16/h4-13,18H,1-3H3,(H,21,25). The normalized spacial score (nSPS) is 17.3. The predicted octanol–water partition coefficient (Wildman–Crippen LogP) is 3.48. The molecule has 0 bridgehead atoms. The van der Waals surface area contributed by atoms with Gasteiger partial charge >= 0.3 is 0 Å². The highest BCUT2D eigenvalue weighted by molar-refractivity contribution is 7.80. The first-order valence-corrected chi connectivity index (χ1v) is 8.54. The Morgan fingerprint density at radius 1 is 1.04 bits per heavy atom. The van der Waals surface area contributed by atoms with Crippen LogP contribution in [0.25, 0.3) is 0 Å². The Morgan fingerprint density at radius 2 is 1.60 bits per heavy atom. The summed E-state index contributed by atoms with van der Waals surface area (Å²) in [5, 5.41) is 3.94. The lowest BCUT2D eigenvalue weighted by Crippen LogP contribution is -2.49. The number of carbonyl (C=O) groups is 1. The summed E-state index contributed by atoms with van der Waals surface area (Å²) in [7, 11) is 3.54. The molecule has 0 spiro atoms. The van der Waals surface area contributed by atoms with Crippen molar-refractivity contribution >= 4 is 28.9 Å². The molecule has 1 aliphatic rings. The maximum atomic E-state index is 12.9. The molecule has 2 aromatic rings. The molecule has 1 atom stereocenters. The molecule has 0 saturated heterocycles. The van der Waals surface area contributed by atoms with Crippen molar-refractivity contribution < 1.29 is 4.79 Å². The molecule has 1 aliphatic heterocycles. The molecule has 25 heavy (non-hydrogen) atoms. The molecule has 1 heterocycles. The fourth-order valence-corrected chi connectivity index (χ4v) is 3.40. The zero-order chi connectivity index (χ0) is 18.0. The third kappa shape index (κ3) is 3.28. The van der Waals surface area contributed by atoms with Crippen LogP contribution in [-0.4, -0.2) is 30.0 Å². The van der Waals surface area contributed by atoms with Crippen LogP contribution in [0.4, 0.5) is 5.69 Å². The zero-order valence-electron chi connectivity index (χ0n) is 14.6. The van der Waals surface area contributed by atoms with Gasteiger partial charge in [0.2, 0.25) is 0 Å². The Bertz CT molecular complexity index is 815. The Hall–Kier alpha value is -2.66. The number of anilines is 1. The van der Waals surface area contributed by atoms with E-state index in [1.165, 1.54) is 0 Å². The van der Waals surface area contributed by atoms with Crippen molar-refractivity contribution in [3.05, 3.63) is 77.5 Å². The van der Waals surface area contributed by atoms with Crippen LogP contribution in [0, 0.1) is 0 Å². The number of nitrogens with one attached hydrogen (secondary N) is 1. The Labute approximate surface area is 153 Å². The average molecular weight is 351 g/mol. The lowest BCUT2D eigenvalue weighted by Gasteiger charge is -2.38. The van der Waals surface area contributed by atoms with Crippen molar-refractivity contribution in [2.45, 2.75) is 13.0 Å². The fourth-order valence-electron chi connectivity index (χ4n) is 3.04. The largest absolute Gasteiger partial charge is 0.351 e. The van der Waals surface area contributed by atoms with Crippen LogP contribution in [0.15, 0.2) is 71.9 Å². The van der Waals surface area contributed by atoms with Crippen LogP contribution in [0.1, 0.15) is 18.5 Å². The molecule has 0 aromatic heterocycles. The van der Waals surface area contributed by atoms with Gasteiger partial charge in [-0.05, 0) is 36.8 Å². The van der Waals surface area contributed by atoms with Gasteiger partial charge in [0, 0.05) is 25.5 Å². The summed E-state index contributed by atoms with van der Waals surface area (Å²) in [5.41, 5.74) is 3.51. The van der Waals surface area contributed by atoms with Gasteiger partial charge in [-0.25, -0.2) is 0 Å². The van der Waals surface area contributed by atoms with Crippen LogP contribution in [-0.2, 0) is 4.79 Å². The van der Waals surface area contributed by atoms with E-state index in [4.69, 9.17) is 12.2 Å². The summed E-state index contributed by atoms with van der Waals surface area (Å²) in [6, 6.07) is 19.5. The highest BCUT2D eigenvalue weighted by Gasteiger charge is 2.35. The van der Waals surface area contributed by atoms with E-state index in [1.54, 1.807) is 19.0 Å². The number of rotatable bonds is 3. The zero-order valence-corrected chi connectivity index (χ0v) is 15.4. The summed E-state index contributed by atoms with van der Waals surface area (Å²) < 4.78 is 0. The molecule has 1 amide bonds. The number of nitrogens with zero attached hydrogens (tertiary/aromatic N) is 2. The molecule has 0 fully saturated rings. The molecule has 0 radical (unpaired) electrons. The Morgan fingerprint density at radius 3 is 2.16 bits per heavy atom. The van der Waals surface area contributed by atoms with Gasteiger partial charge in [0.1, 0.15) is 0 Å². The highest BCUT2D eigenvalue weighted by atomic mass is 32.1. The monoisotopic (exact) mass is 351 g/mol. The van der Waals surface area contributed by atoms with E-state index in [0.29, 0.717) is 10.7 Å². The molecule has 1 N–H and O–H groups in total. The lowest BCUT2D eigenvalue weighted by molar-refractivity contribution is -0.125. The Kier molecular flexibility index (Phi) is 4.86. The first-order valence-electron chi connectivity index (χ1n) is 8.13. The highest BCUT2D eigenvalue weighted by Crippen LogP contribution is 2.34. The van der Waals surface area contributed by atoms with E-state index in [0.717, 1.165) is 16.9 Å². The summed E-state index contributed by atoms with van der Waals surface area (Å²) in [5.74, 6) is -0.0257. The van der Waals surface area contributed by atoms with Crippen molar-refractivity contribution in [1.82, 2.24) is 10.2 Å². The number of carbonyl (C=O) groups excluding carboxylic acids is 1. The molecular formula is C20H21N3OS. The predicted molar refractivity (Wildman–Crippen MR) is 105 cm³/mol. The third-order valence-electron chi connectivity index (χ3n) is 4.27. The summed E-state index contributed by atoms with van der Waals surface area (Å²) in [4.78, 5) is 16.5. The third-order valence-corrected chi connectivity index (χ3v) is 4.57. The second kappa shape index (κ2) is 7.07. The van der Waals surface area contributed by atoms with Crippen LogP contribution in [0.2, 0.25) is 0 Å². The van der Waals surface area contributed by atoms with E-state index in [-0.39, 0.29) is 11.9 Å². The number of hydrogen-bond donors (Lipinski definition) is 1. The van der Waals surface area contributed by atoms with Crippen molar-refractivity contribution in [2.24, 2.45) is 0 Å². The number of amides is 1. The molecule has 3 rings (SSSR count). The minimum absolute atomic E-state index is 0.0257. The molecule has 2 aromatic carbocycles. The molecule has 0 saturated carbocycles. The first kappa shape index (κ1) is 17.2. The van der Waals surface area contributed by atoms with Gasteiger partial charge in [0.15, 0.2) is 5.11 Å². The topological polar surface area (TPSA) is 35.6 Å². The number of para-hydroxylation sites is 1. The maximum absolute atomic E-state index is 12.9. The van der Waals surface area contributed by atoms with Crippen LogP contribution in [0.3, 0.4) is 0 Å². The quantitative estimate of drug-likeness (QED) is 0.859. The smallest absolute Gasteiger partial charge is 0.253 e. The number of likely N-dealkylation sites (N-methyl/N-ethyl adjacent to an activating group) is 1. The molecule has 128 valence electrons. The first-order chi connectivity index (χ1) is 12.0. The summed E-state index contributed by atoms with van der Waals surface area (Å²) in [6.07, 6.45) is 0. The minimum Gasteiger partial charge on any atom is -0.351 e.